The summed E-state index contributed by atoms with van der Waals surface area (Å²) >= 11 is 0. The first-order chi connectivity index (χ1) is 11.5. The maximum absolute atomic E-state index is 12.6. The van der Waals surface area contributed by atoms with Gasteiger partial charge in [-0.15, -0.1) is 0 Å². The molecule has 2 heterocycles. The molecular formula is C19H29N3O2. The zero-order valence-electron chi connectivity index (χ0n) is 14.8. The highest BCUT2D eigenvalue weighted by Crippen LogP contribution is 2.17. The van der Waals surface area contributed by atoms with Crippen LogP contribution in [0.3, 0.4) is 0 Å². The van der Waals surface area contributed by atoms with Crippen molar-refractivity contribution >= 4 is 5.91 Å². The predicted octanol–water partition coefficient (Wildman–Crippen LogP) is 1.86. The number of nitrogens with zero attached hydrogens (tertiary/aromatic N) is 2. The molecular weight excluding hydrogens is 302 g/mol. The highest BCUT2D eigenvalue weighted by molar-refractivity contribution is 5.94. The van der Waals surface area contributed by atoms with Crippen LogP contribution in [0.4, 0.5) is 0 Å². The Balaban J connectivity index is 1.59. The van der Waals surface area contributed by atoms with Crippen molar-refractivity contribution in [3.05, 3.63) is 35.4 Å². The predicted molar refractivity (Wildman–Crippen MR) is 94.8 cm³/mol. The van der Waals surface area contributed by atoms with Crippen LogP contribution in [0, 0.1) is 0 Å². The third-order valence-electron chi connectivity index (χ3n) is 4.85. The van der Waals surface area contributed by atoms with Crippen LogP contribution in [0.5, 0.6) is 0 Å². The van der Waals surface area contributed by atoms with Gasteiger partial charge in [0.05, 0.1) is 12.2 Å². The Morgan fingerprint density at radius 2 is 1.83 bits per heavy atom. The average molecular weight is 331 g/mol. The van der Waals surface area contributed by atoms with Crippen molar-refractivity contribution in [3.63, 3.8) is 0 Å². The molecule has 132 valence electrons. The number of piperidine rings is 1. The summed E-state index contributed by atoms with van der Waals surface area (Å²) in [5.74, 6) is 0.102. The van der Waals surface area contributed by atoms with E-state index in [1.54, 1.807) is 0 Å². The summed E-state index contributed by atoms with van der Waals surface area (Å²) in [4.78, 5) is 16.9. The van der Waals surface area contributed by atoms with Gasteiger partial charge in [-0.2, -0.15) is 0 Å². The largest absolute Gasteiger partial charge is 0.373 e. The lowest BCUT2D eigenvalue weighted by Crippen LogP contribution is -2.45. The Hall–Kier alpha value is -1.43. The molecule has 5 nitrogen and oxygen atoms in total. The van der Waals surface area contributed by atoms with Gasteiger partial charge in [-0.1, -0.05) is 12.1 Å². The van der Waals surface area contributed by atoms with Crippen molar-refractivity contribution < 1.29 is 9.53 Å². The number of ether oxygens (including phenoxy) is 1. The molecule has 2 aliphatic rings. The molecule has 2 fully saturated rings. The minimum atomic E-state index is 0.102. The van der Waals surface area contributed by atoms with Gasteiger partial charge < -0.3 is 15.4 Å². The van der Waals surface area contributed by atoms with E-state index in [1.165, 1.54) is 5.56 Å². The van der Waals surface area contributed by atoms with Crippen LogP contribution < -0.4 is 5.73 Å². The molecule has 24 heavy (non-hydrogen) atoms. The third-order valence-corrected chi connectivity index (χ3v) is 4.85. The lowest BCUT2D eigenvalue weighted by molar-refractivity contribution is -0.0704. The van der Waals surface area contributed by atoms with Crippen LogP contribution in [-0.4, -0.2) is 60.1 Å². The number of hydrogen-bond donors (Lipinski definition) is 1. The van der Waals surface area contributed by atoms with Gasteiger partial charge in [0, 0.05) is 44.3 Å². The Bertz CT molecular complexity index is 550. The minimum absolute atomic E-state index is 0.102. The summed E-state index contributed by atoms with van der Waals surface area (Å²) in [6, 6.07) is 8.16. The Morgan fingerprint density at radius 1 is 1.17 bits per heavy atom. The third kappa shape index (κ3) is 4.35. The van der Waals surface area contributed by atoms with Crippen LogP contribution in [0.1, 0.15) is 42.6 Å². The summed E-state index contributed by atoms with van der Waals surface area (Å²) in [5.41, 5.74) is 7.98. The number of benzene rings is 1. The van der Waals surface area contributed by atoms with Crippen LogP contribution in [0.2, 0.25) is 0 Å². The Labute approximate surface area is 144 Å². The second-order valence-electron chi connectivity index (χ2n) is 7.30. The molecule has 1 aromatic carbocycles. The summed E-state index contributed by atoms with van der Waals surface area (Å²) in [6.45, 7) is 8.54. The second kappa shape index (κ2) is 7.64. The fourth-order valence-corrected chi connectivity index (χ4v) is 3.80. The molecule has 0 aromatic heterocycles. The smallest absolute Gasteiger partial charge is 0.253 e. The first kappa shape index (κ1) is 17.4. The number of morpholine rings is 1. The summed E-state index contributed by atoms with van der Waals surface area (Å²) in [7, 11) is 0. The van der Waals surface area contributed by atoms with Gasteiger partial charge in [0.2, 0.25) is 0 Å². The molecule has 0 spiro atoms. The van der Waals surface area contributed by atoms with Crippen molar-refractivity contribution in [2.45, 2.75) is 51.5 Å². The van der Waals surface area contributed by atoms with E-state index in [9.17, 15) is 4.79 Å². The van der Waals surface area contributed by atoms with E-state index in [-0.39, 0.29) is 24.2 Å². The van der Waals surface area contributed by atoms with Crippen LogP contribution >= 0.6 is 0 Å². The van der Waals surface area contributed by atoms with E-state index in [2.05, 4.69) is 30.9 Å². The van der Waals surface area contributed by atoms with E-state index >= 15 is 0 Å². The Morgan fingerprint density at radius 3 is 2.46 bits per heavy atom. The van der Waals surface area contributed by atoms with Gasteiger partial charge in [-0.05, 0) is 44.4 Å². The average Bonchev–Trinajstić information content (AvgIpc) is 2.54. The van der Waals surface area contributed by atoms with Gasteiger partial charge in [0.25, 0.3) is 5.91 Å². The normalized spacial score (nSPS) is 28.8. The zero-order chi connectivity index (χ0) is 17.1. The van der Waals surface area contributed by atoms with Crippen molar-refractivity contribution in [2.24, 2.45) is 5.73 Å². The molecule has 0 radical (unpaired) electrons. The molecule has 3 atom stereocenters. The van der Waals surface area contributed by atoms with Gasteiger partial charge in [0.15, 0.2) is 0 Å². The van der Waals surface area contributed by atoms with E-state index < -0.39 is 0 Å². The van der Waals surface area contributed by atoms with E-state index in [0.29, 0.717) is 6.54 Å². The number of rotatable bonds is 3. The van der Waals surface area contributed by atoms with Crippen LogP contribution in [0.25, 0.3) is 0 Å². The molecule has 2 N–H and O–H groups in total. The molecule has 0 saturated carbocycles. The highest BCUT2D eigenvalue weighted by atomic mass is 16.5. The minimum Gasteiger partial charge on any atom is -0.373 e. The van der Waals surface area contributed by atoms with Gasteiger partial charge >= 0.3 is 0 Å². The monoisotopic (exact) mass is 331 g/mol. The number of carbonyl (C=O) groups excluding carboxylic acids is 1. The van der Waals surface area contributed by atoms with E-state index in [4.69, 9.17) is 10.5 Å². The quantitative estimate of drug-likeness (QED) is 0.918. The summed E-state index contributed by atoms with van der Waals surface area (Å²) in [6.07, 6.45) is 2.56. The molecule has 0 aliphatic carbocycles. The number of likely N-dealkylation sites (tertiary alicyclic amines) is 1. The van der Waals surface area contributed by atoms with Crippen LogP contribution in [0.15, 0.2) is 24.3 Å². The summed E-state index contributed by atoms with van der Waals surface area (Å²) in [5, 5.41) is 0. The number of hydrogen-bond acceptors (Lipinski definition) is 4. The first-order valence-corrected chi connectivity index (χ1v) is 9.03. The SMILES string of the molecule is CC1CN(Cc2ccc(C(=O)N3CCCC(N)C3)cc2)CC(C)O1. The topological polar surface area (TPSA) is 58.8 Å². The van der Waals surface area contributed by atoms with Crippen molar-refractivity contribution in [1.82, 2.24) is 9.80 Å². The molecule has 1 aromatic rings. The molecule has 2 aliphatic heterocycles. The standard InChI is InChI=1S/C19H29N3O2/c1-14-10-21(11-15(2)24-14)12-16-5-7-17(8-6-16)19(23)22-9-3-4-18(20)13-22/h5-8,14-15,18H,3-4,9-13,20H2,1-2H3. The number of carbonyl (C=O) groups is 1. The Kier molecular flexibility index (Phi) is 5.54. The first-order valence-electron chi connectivity index (χ1n) is 9.03. The summed E-state index contributed by atoms with van der Waals surface area (Å²) < 4.78 is 5.78. The molecule has 3 unspecified atom stereocenters. The zero-order valence-corrected chi connectivity index (χ0v) is 14.8. The maximum Gasteiger partial charge on any atom is 0.253 e. The maximum atomic E-state index is 12.6. The van der Waals surface area contributed by atoms with Crippen molar-refractivity contribution in [2.75, 3.05) is 26.2 Å². The lowest BCUT2D eigenvalue weighted by Gasteiger charge is -2.35. The molecule has 5 heteroatoms. The fourth-order valence-electron chi connectivity index (χ4n) is 3.80. The molecule has 3 rings (SSSR count). The van der Waals surface area contributed by atoms with E-state index in [0.717, 1.165) is 44.6 Å². The fraction of sp³-hybridized carbons (Fsp3) is 0.632. The number of nitrogens with two attached hydrogens (primary N) is 1. The van der Waals surface area contributed by atoms with Gasteiger partial charge in [-0.3, -0.25) is 9.69 Å². The van der Waals surface area contributed by atoms with Crippen molar-refractivity contribution in [3.8, 4) is 0 Å². The second-order valence-corrected chi connectivity index (χ2v) is 7.30. The van der Waals surface area contributed by atoms with E-state index in [1.807, 2.05) is 17.0 Å². The number of amides is 1. The molecule has 1 amide bonds. The highest BCUT2D eigenvalue weighted by Gasteiger charge is 2.23. The van der Waals surface area contributed by atoms with Crippen molar-refractivity contribution in [1.29, 1.82) is 0 Å². The lowest BCUT2D eigenvalue weighted by atomic mass is 10.0. The van der Waals surface area contributed by atoms with Crippen LogP contribution in [-0.2, 0) is 11.3 Å². The van der Waals surface area contributed by atoms with Gasteiger partial charge in [0.1, 0.15) is 0 Å². The molecule has 2 saturated heterocycles. The van der Waals surface area contributed by atoms with Gasteiger partial charge in [-0.25, -0.2) is 0 Å². The molecule has 0 bridgehead atoms.